The summed E-state index contributed by atoms with van der Waals surface area (Å²) in [5.41, 5.74) is 3.51. The lowest BCUT2D eigenvalue weighted by atomic mass is 10.0. The molecule has 0 saturated heterocycles. The molecule has 7 heteroatoms. The molecule has 0 radical (unpaired) electrons. The Bertz CT molecular complexity index is 984. The Balaban J connectivity index is 1.17. The number of nitrogens with zero attached hydrogens (tertiary/aromatic N) is 3. The zero-order valence-electron chi connectivity index (χ0n) is 18.3. The van der Waals surface area contributed by atoms with Gasteiger partial charge in [-0.05, 0) is 43.6 Å². The number of thiazole rings is 1. The highest BCUT2D eigenvalue weighted by Gasteiger charge is 2.15. The van der Waals surface area contributed by atoms with Crippen molar-refractivity contribution in [1.82, 2.24) is 20.4 Å². The van der Waals surface area contributed by atoms with Gasteiger partial charge < -0.3 is 9.84 Å². The molecule has 1 aliphatic carbocycles. The number of amides is 1. The molecule has 3 aromatic rings. The van der Waals surface area contributed by atoms with E-state index in [4.69, 9.17) is 9.51 Å². The van der Waals surface area contributed by atoms with E-state index in [1.807, 2.05) is 23.5 Å². The molecule has 2 heterocycles. The van der Waals surface area contributed by atoms with Crippen LogP contribution in [0.2, 0.25) is 0 Å². The third kappa shape index (κ3) is 5.79. The van der Waals surface area contributed by atoms with Crippen LogP contribution in [0, 0.1) is 0 Å². The molecule has 0 fully saturated rings. The Hall–Kier alpha value is -2.54. The predicted molar refractivity (Wildman–Crippen MR) is 122 cm³/mol. The van der Waals surface area contributed by atoms with Gasteiger partial charge in [0.1, 0.15) is 0 Å². The normalized spacial score (nSPS) is 13.4. The number of benzene rings is 1. The lowest BCUT2D eigenvalue weighted by Gasteiger charge is -2.06. The molecular weight excluding hydrogens is 408 g/mol. The molecule has 1 aromatic carbocycles. The highest BCUT2D eigenvalue weighted by Crippen LogP contribution is 2.27. The SMILES string of the molecule is CC(C)c1ccc(-c2noc(CCC(=O)NCCCc3nc4c(s3)CCCC4)n2)cc1. The van der Waals surface area contributed by atoms with E-state index in [1.54, 1.807) is 0 Å². The van der Waals surface area contributed by atoms with Crippen LogP contribution in [0.25, 0.3) is 11.4 Å². The quantitative estimate of drug-likeness (QED) is 0.482. The number of carbonyl (C=O) groups excluding carboxylic acids is 1. The number of rotatable bonds is 9. The molecule has 0 aliphatic heterocycles. The largest absolute Gasteiger partial charge is 0.356 e. The summed E-state index contributed by atoms with van der Waals surface area (Å²) in [6.07, 6.45) is 7.50. The zero-order chi connectivity index (χ0) is 21.6. The Morgan fingerprint density at radius 1 is 1.13 bits per heavy atom. The van der Waals surface area contributed by atoms with E-state index in [-0.39, 0.29) is 5.91 Å². The Morgan fingerprint density at radius 2 is 1.94 bits per heavy atom. The molecule has 1 amide bonds. The predicted octanol–water partition coefficient (Wildman–Crippen LogP) is 4.88. The first-order valence-electron chi connectivity index (χ1n) is 11.3. The summed E-state index contributed by atoms with van der Waals surface area (Å²) in [5.74, 6) is 1.56. The van der Waals surface area contributed by atoms with Crippen LogP contribution in [0.3, 0.4) is 0 Å². The summed E-state index contributed by atoms with van der Waals surface area (Å²) in [5, 5.41) is 8.25. The minimum atomic E-state index is 0.0134. The van der Waals surface area contributed by atoms with E-state index in [2.05, 4.69) is 41.4 Å². The van der Waals surface area contributed by atoms with Gasteiger partial charge in [0.25, 0.3) is 0 Å². The van der Waals surface area contributed by atoms with Crippen LogP contribution in [-0.4, -0.2) is 27.6 Å². The maximum Gasteiger partial charge on any atom is 0.227 e. The van der Waals surface area contributed by atoms with Crippen LogP contribution < -0.4 is 5.32 Å². The Kier molecular flexibility index (Phi) is 7.12. The second-order valence-electron chi connectivity index (χ2n) is 8.43. The van der Waals surface area contributed by atoms with Gasteiger partial charge in [0.05, 0.1) is 10.7 Å². The lowest BCUT2D eigenvalue weighted by molar-refractivity contribution is -0.121. The molecule has 0 saturated carbocycles. The van der Waals surface area contributed by atoms with E-state index >= 15 is 0 Å². The van der Waals surface area contributed by atoms with Crippen molar-refractivity contribution in [1.29, 1.82) is 0 Å². The van der Waals surface area contributed by atoms with Crippen LogP contribution in [-0.2, 0) is 30.5 Å². The number of nitrogens with one attached hydrogen (secondary N) is 1. The van der Waals surface area contributed by atoms with Crippen molar-refractivity contribution < 1.29 is 9.32 Å². The van der Waals surface area contributed by atoms with Gasteiger partial charge in [0, 0.05) is 36.2 Å². The van der Waals surface area contributed by atoms with E-state index in [1.165, 1.54) is 40.4 Å². The zero-order valence-corrected chi connectivity index (χ0v) is 19.1. The average Bonchev–Trinajstić information content (AvgIpc) is 3.42. The van der Waals surface area contributed by atoms with Gasteiger partial charge in [0.15, 0.2) is 0 Å². The second-order valence-corrected chi connectivity index (χ2v) is 9.59. The van der Waals surface area contributed by atoms with Crippen LogP contribution in [0.4, 0.5) is 0 Å². The van der Waals surface area contributed by atoms with Crippen molar-refractivity contribution in [3.8, 4) is 11.4 Å². The number of hydrogen-bond donors (Lipinski definition) is 1. The third-order valence-electron chi connectivity index (χ3n) is 5.65. The number of fused-ring (bicyclic) bond motifs is 1. The van der Waals surface area contributed by atoms with E-state index in [0.29, 0.717) is 37.0 Å². The van der Waals surface area contributed by atoms with Gasteiger partial charge in [-0.1, -0.05) is 43.3 Å². The molecule has 6 nitrogen and oxygen atoms in total. The standard InChI is InChI=1S/C24H30N4O2S/c1-16(2)17-9-11-18(12-10-17)24-27-22(30-28-24)14-13-21(29)25-15-5-8-23-26-19-6-3-4-7-20(19)31-23/h9-12,16H,3-8,13-15H2,1-2H3,(H,25,29). The van der Waals surface area contributed by atoms with Gasteiger partial charge in [-0.2, -0.15) is 4.98 Å². The van der Waals surface area contributed by atoms with Crippen LogP contribution in [0.15, 0.2) is 28.8 Å². The second kappa shape index (κ2) is 10.2. The minimum absolute atomic E-state index is 0.0134. The lowest BCUT2D eigenvalue weighted by Crippen LogP contribution is -2.25. The summed E-state index contributed by atoms with van der Waals surface area (Å²) < 4.78 is 5.32. The average molecular weight is 439 g/mol. The molecule has 0 unspecified atom stereocenters. The molecule has 2 aromatic heterocycles. The highest BCUT2D eigenvalue weighted by atomic mass is 32.1. The van der Waals surface area contributed by atoms with Crippen molar-refractivity contribution in [2.75, 3.05) is 6.54 Å². The molecule has 1 N–H and O–H groups in total. The number of aromatic nitrogens is 3. The summed E-state index contributed by atoms with van der Waals surface area (Å²) in [6, 6.07) is 8.19. The molecule has 0 atom stereocenters. The summed E-state index contributed by atoms with van der Waals surface area (Å²) >= 11 is 1.85. The molecule has 4 rings (SSSR count). The smallest absolute Gasteiger partial charge is 0.227 e. The van der Waals surface area contributed by atoms with Crippen molar-refractivity contribution in [2.24, 2.45) is 0 Å². The fourth-order valence-electron chi connectivity index (χ4n) is 3.78. The van der Waals surface area contributed by atoms with Crippen molar-refractivity contribution >= 4 is 17.2 Å². The highest BCUT2D eigenvalue weighted by molar-refractivity contribution is 7.11. The first kappa shape index (κ1) is 21.7. The Labute approximate surface area is 187 Å². The molecule has 31 heavy (non-hydrogen) atoms. The monoisotopic (exact) mass is 438 g/mol. The first-order valence-corrected chi connectivity index (χ1v) is 12.1. The van der Waals surface area contributed by atoms with Gasteiger partial charge in [-0.3, -0.25) is 4.79 Å². The molecule has 1 aliphatic rings. The number of aryl methyl sites for hydroxylation is 4. The molecule has 0 spiro atoms. The maximum atomic E-state index is 12.2. The minimum Gasteiger partial charge on any atom is -0.356 e. The van der Waals surface area contributed by atoms with Crippen molar-refractivity contribution in [2.45, 2.75) is 71.1 Å². The summed E-state index contributed by atoms with van der Waals surface area (Å²) in [4.78, 5) is 22.8. The van der Waals surface area contributed by atoms with Gasteiger partial charge in [0.2, 0.25) is 17.6 Å². The fraction of sp³-hybridized carbons (Fsp3) is 0.500. The topological polar surface area (TPSA) is 80.9 Å². The maximum absolute atomic E-state index is 12.2. The molecular formula is C24H30N4O2S. The summed E-state index contributed by atoms with van der Waals surface area (Å²) in [6.45, 7) is 5.00. The molecule has 0 bridgehead atoms. The van der Waals surface area contributed by atoms with Gasteiger partial charge in [-0.15, -0.1) is 11.3 Å². The summed E-state index contributed by atoms with van der Waals surface area (Å²) in [7, 11) is 0. The first-order chi connectivity index (χ1) is 15.1. The number of hydrogen-bond acceptors (Lipinski definition) is 6. The van der Waals surface area contributed by atoms with Crippen molar-refractivity contribution in [3.05, 3.63) is 51.3 Å². The van der Waals surface area contributed by atoms with E-state index in [0.717, 1.165) is 24.8 Å². The fourth-order valence-corrected chi connectivity index (χ4v) is 4.98. The molecule has 164 valence electrons. The van der Waals surface area contributed by atoms with Crippen LogP contribution >= 0.6 is 11.3 Å². The number of carbonyl (C=O) groups is 1. The van der Waals surface area contributed by atoms with E-state index in [9.17, 15) is 4.79 Å². The van der Waals surface area contributed by atoms with E-state index < -0.39 is 0 Å². The van der Waals surface area contributed by atoms with Crippen LogP contribution in [0.5, 0.6) is 0 Å². The third-order valence-corrected chi connectivity index (χ3v) is 6.87. The van der Waals surface area contributed by atoms with Crippen LogP contribution in [0.1, 0.15) is 72.5 Å². The van der Waals surface area contributed by atoms with Gasteiger partial charge >= 0.3 is 0 Å². The Morgan fingerprint density at radius 3 is 2.71 bits per heavy atom. The van der Waals surface area contributed by atoms with Crippen molar-refractivity contribution in [3.63, 3.8) is 0 Å². The van der Waals surface area contributed by atoms with Gasteiger partial charge in [-0.25, -0.2) is 4.98 Å².